The summed E-state index contributed by atoms with van der Waals surface area (Å²) in [6.45, 7) is 0. The van der Waals surface area contributed by atoms with Gasteiger partial charge >= 0.3 is 23.9 Å². The zero-order valence-corrected chi connectivity index (χ0v) is 21.1. The molecule has 0 spiro atoms. The molecule has 10 nitrogen and oxygen atoms in total. The molecule has 3 aromatic carbocycles. The summed E-state index contributed by atoms with van der Waals surface area (Å²) in [5.41, 5.74) is -0.225. The number of carboxylic acid groups (broad SMARTS) is 1. The van der Waals surface area contributed by atoms with Crippen molar-refractivity contribution in [2.75, 3.05) is 12.4 Å². The second-order valence-electron chi connectivity index (χ2n) is 7.51. The lowest BCUT2D eigenvalue weighted by atomic mass is 10.1. The van der Waals surface area contributed by atoms with E-state index < -0.39 is 42.0 Å². The fourth-order valence-electron chi connectivity index (χ4n) is 3.16. The number of carbonyl (C=O) groups is 5. The van der Waals surface area contributed by atoms with Crippen LogP contribution in [0.15, 0.2) is 72.8 Å². The van der Waals surface area contributed by atoms with E-state index in [2.05, 4.69) is 10.1 Å². The molecule has 0 aliphatic carbocycles. The third-order valence-corrected chi connectivity index (χ3v) is 5.64. The maximum Gasteiger partial charge on any atom is 0.349 e. The van der Waals surface area contributed by atoms with E-state index in [1.807, 2.05) is 0 Å². The topological polar surface area (TPSA) is 145 Å². The molecule has 196 valence electrons. The Morgan fingerprint density at radius 2 is 1.26 bits per heavy atom. The number of benzene rings is 3. The SMILES string of the molecule is COC(=O)c1cccc(NC(=O)[C@@H](OC(=O)c2ccccc2Cl)[C@H](OC(=O)c2ccccc2Cl)C(=O)O)c1. The molecular formula is C26H19Cl2NO9. The van der Waals surface area contributed by atoms with Gasteiger partial charge in [-0.2, -0.15) is 0 Å². The first-order valence-electron chi connectivity index (χ1n) is 10.8. The number of aliphatic carboxylic acids is 1. The highest BCUT2D eigenvalue weighted by molar-refractivity contribution is 6.34. The zero-order valence-electron chi connectivity index (χ0n) is 19.6. The zero-order chi connectivity index (χ0) is 27.8. The van der Waals surface area contributed by atoms with E-state index in [9.17, 15) is 29.1 Å². The van der Waals surface area contributed by atoms with Crippen LogP contribution in [0.5, 0.6) is 0 Å². The number of ether oxygens (including phenoxy) is 3. The Kier molecular flexibility index (Phi) is 9.42. The number of carboxylic acids is 1. The number of carbonyl (C=O) groups excluding carboxylic acids is 4. The number of esters is 3. The van der Waals surface area contributed by atoms with Crippen molar-refractivity contribution in [2.24, 2.45) is 0 Å². The molecule has 0 heterocycles. The van der Waals surface area contributed by atoms with Gasteiger partial charge in [0.2, 0.25) is 12.2 Å². The van der Waals surface area contributed by atoms with Gasteiger partial charge in [-0.3, -0.25) is 4.79 Å². The summed E-state index contributed by atoms with van der Waals surface area (Å²) in [7, 11) is 1.17. The van der Waals surface area contributed by atoms with Gasteiger partial charge in [-0.1, -0.05) is 53.5 Å². The van der Waals surface area contributed by atoms with Crippen LogP contribution in [0.4, 0.5) is 5.69 Å². The standard InChI is InChI=1S/C26H19Cl2NO9/c1-36-24(33)14-7-6-8-15(13-14)29-22(30)20(37-25(34)16-9-2-4-11-18(16)27)21(23(31)32)38-26(35)17-10-3-5-12-19(17)28/h2-13,20-21H,1H3,(H,29,30)(H,31,32)/t20-,21-/m0/s1. The molecular weight excluding hydrogens is 541 g/mol. The van der Waals surface area contributed by atoms with Crippen molar-refractivity contribution in [1.29, 1.82) is 0 Å². The van der Waals surface area contributed by atoms with Gasteiger partial charge < -0.3 is 24.6 Å². The van der Waals surface area contributed by atoms with Crippen molar-refractivity contribution >= 4 is 58.7 Å². The normalized spacial score (nSPS) is 12.0. The summed E-state index contributed by atoms with van der Waals surface area (Å²) >= 11 is 12.0. The molecule has 0 radical (unpaired) electrons. The molecule has 3 rings (SSSR count). The van der Waals surface area contributed by atoms with Crippen molar-refractivity contribution in [1.82, 2.24) is 0 Å². The van der Waals surface area contributed by atoms with Gasteiger partial charge in [-0.05, 0) is 42.5 Å². The lowest BCUT2D eigenvalue weighted by Crippen LogP contribution is -2.48. The Hall–Kier alpha value is -4.41. The maximum atomic E-state index is 13.2. The van der Waals surface area contributed by atoms with Crippen molar-refractivity contribution in [3.05, 3.63) is 99.5 Å². The van der Waals surface area contributed by atoms with E-state index in [0.717, 1.165) is 0 Å². The number of methoxy groups -OCH3 is 1. The Bertz CT molecular complexity index is 1390. The van der Waals surface area contributed by atoms with Crippen LogP contribution in [-0.4, -0.2) is 54.2 Å². The number of anilines is 1. The Morgan fingerprint density at radius 1 is 0.737 bits per heavy atom. The minimum absolute atomic E-state index is 0.0256. The predicted octanol–water partition coefficient (Wildman–Crippen LogP) is 4.25. The number of amides is 1. The molecule has 0 aliphatic heterocycles. The highest BCUT2D eigenvalue weighted by Gasteiger charge is 2.41. The number of hydrogen-bond acceptors (Lipinski definition) is 8. The van der Waals surface area contributed by atoms with E-state index in [-0.39, 0.29) is 32.4 Å². The minimum Gasteiger partial charge on any atom is -0.478 e. The van der Waals surface area contributed by atoms with Gasteiger partial charge in [0.15, 0.2) is 0 Å². The average Bonchev–Trinajstić information content (AvgIpc) is 2.90. The van der Waals surface area contributed by atoms with Crippen LogP contribution in [0.3, 0.4) is 0 Å². The maximum absolute atomic E-state index is 13.2. The van der Waals surface area contributed by atoms with Gasteiger partial charge in [0, 0.05) is 5.69 Å². The molecule has 0 aromatic heterocycles. The molecule has 0 aliphatic rings. The van der Waals surface area contributed by atoms with Gasteiger partial charge in [-0.25, -0.2) is 19.2 Å². The average molecular weight is 560 g/mol. The highest BCUT2D eigenvalue weighted by atomic mass is 35.5. The predicted molar refractivity (Wildman–Crippen MR) is 135 cm³/mol. The largest absolute Gasteiger partial charge is 0.478 e. The molecule has 0 unspecified atom stereocenters. The molecule has 0 bridgehead atoms. The van der Waals surface area contributed by atoms with Gasteiger partial charge in [0.25, 0.3) is 5.91 Å². The summed E-state index contributed by atoms with van der Waals surface area (Å²) in [6, 6.07) is 16.9. The Morgan fingerprint density at radius 3 is 1.76 bits per heavy atom. The summed E-state index contributed by atoms with van der Waals surface area (Å²) in [6.07, 6.45) is -4.49. The smallest absolute Gasteiger partial charge is 0.349 e. The molecule has 38 heavy (non-hydrogen) atoms. The number of rotatable bonds is 9. The first-order valence-corrected chi connectivity index (χ1v) is 11.5. The Balaban J connectivity index is 1.96. The van der Waals surface area contributed by atoms with E-state index in [0.29, 0.717) is 0 Å². The van der Waals surface area contributed by atoms with E-state index in [1.54, 1.807) is 6.07 Å². The van der Waals surface area contributed by atoms with Crippen LogP contribution >= 0.6 is 23.2 Å². The van der Waals surface area contributed by atoms with E-state index in [1.165, 1.54) is 73.8 Å². The highest BCUT2D eigenvalue weighted by Crippen LogP contribution is 2.22. The second-order valence-corrected chi connectivity index (χ2v) is 8.33. The number of hydrogen-bond donors (Lipinski definition) is 2. The van der Waals surface area contributed by atoms with Crippen LogP contribution in [0.25, 0.3) is 0 Å². The monoisotopic (exact) mass is 559 g/mol. The minimum atomic E-state index is -2.30. The van der Waals surface area contributed by atoms with E-state index >= 15 is 0 Å². The molecule has 1 amide bonds. The van der Waals surface area contributed by atoms with Crippen molar-refractivity contribution < 1.29 is 43.3 Å². The summed E-state index contributed by atoms with van der Waals surface area (Å²) < 4.78 is 14.9. The van der Waals surface area contributed by atoms with Gasteiger partial charge in [-0.15, -0.1) is 0 Å². The lowest BCUT2D eigenvalue weighted by molar-refractivity contribution is -0.157. The van der Waals surface area contributed by atoms with Crippen molar-refractivity contribution in [3.8, 4) is 0 Å². The second kappa shape index (κ2) is 12.7. The number of nitrogens with one attached hydrogen (secondary N) is 1. The van der Waals surface area contributed by atoms with Gasteiger partial charge in [0.1, 0.15) is 0 Å². The fraction of sp³-hybridized carbons (Fsp3) is 0.115. The van der Waals surface area contributed by atoms with Crippen LogP contribution in [0.1, 0.15) is 31.1 Å². The van der Waals surface area contributed by atoms with E-state index in [4.69, 9.17) is 32.7 Å². The van der Waals surface area contributed by atoms with Crippen LogP contribution in [0.2, 0.25) is 10.0 Å². The molecule has 0 saturated heterocycles. The molecule has 2 atom stereocenters. The quantitative estimate of drug-likeness (QED) is 0.290. The molecule has 2 N–H and O–H groups in total. The van der Waals surface area contributed by atoms with Crippen LogP contribution < -0.4 is 5.32 Å². The summed E-state index contributed by atoms with van der Waals surface area (Å²) in [5.74, 6) is -5.99. The molecule has 0 fully saturated rings. The van der Waals surface area contributed by atoms with Crippen molar-refractivity contribution in [2.45, 2.75) is 12.2 Å². The molecule has 3 aromatic rings. The lowest BCUT2D eigenvalue weighted by Gasteiger charge is -2.24. The molecule has 0 saturated carbocycles. The number of halogens is 2. The van der Waals surface area contributed by atoms with Crippen molar-refractivity contribution in [3.63, 3.8) is 0 Å². The fourth-order valence-corrected chi connectivity index (χ4v) is 3.59. The summed E-state index contributed by atoms with van der Waals surface area (Å²) in [4.78, 5) is 62.8. The summed E-state index contributed by atoms with van der Waals surface area (Å²) in [5, 5.41) is 12.1. The Labute approximate surface area is 226 Å². The third-order valence-electron chi connectivity index (χ3n) is 4.98. The van der Waals surface area contributed by atoms with Crippen LogP contribution in [-0.2, 0) is 23.8 Å². The molecule has 12 heteroatoms. The van der Waals surface area contributed by atoms with Gasteiger partial charge in [0.05, 0.1) is 33.8 Å². The first kappa shape index (κ1) is 28.2. The first-order chi connectivity index (χ1) is 18.1. The third kappa shape index (κ3) is 6.87. The van der Waals surface area contributed by atoms with Crippen LogP contribution in [0, 0.1) is 0 Å².